The minimum Gasteiger partial charge on any atom is -0.384 e. The first-order valence-corrected chi connectivity index (χ1v) is 9.75. The van der Waals surface area contributed by atoms with E-state index in [1.165, 1.54) is 0 Å². The third kappa shape index (κ3) is 2.98. The maximum atomic E-state index is 12.8. The number of aromatic nitrogens is 4. The molecule has 0 aliphatic rings. The number of fused-ring (bicyclic) bond motifs is 2. The van der Waals surface area contributed by atoms with Crippen LogP contribution in [0.4, 0.5) is 5.69 Å². The molecule has 0 amide bonds. The van der Waals surface area contributed by atoms with Crippen molar-refractivity contribution in [2.75, 3.05) is 12.4 Å². The Morgan fingerprint density at radius 2 is 1.73 bits per heavy atom. The summed E-state index contributed by atoms with van der Waals surface area (Å²) in [5.74, 6) is 0. The number of anilines is 1. The largest absolute Gasteiger partial charge is 0.384 e. The second kappa shape index (κ2) is 7.24. The van der Waals surface area contributed by atoms with Crippen molar-refractivity contribution in [3.63, 3.8) is 0 Å². The predicted molar refractivity (Wildman–Crippen MR) is 121 cm³/mol. The molecule has 0 radical (unpaired) electrons. The van der Waals surface area contributed by atoms with Gasteiger partial charge in [0.05, 0.1) is 21.9 Å². The van der Waals surface area contributed by atoms with Gasteiger partial charge in [-0.05, 0) is 18.2 Å². The summed E-state index contributed by atoms with van der Waals surface area (Å²) in [5, 5.41) is 4.29. The van der Waals surface area contributed by atoms with Crippen LogP contribution < -0.4 is 10.7 Å². The fraction of sp³-hybridized carbons (Fsp3) is 0.0435. The normalized spacial score (nSPS) is 11.1. The first kappa shape index (κ1) is 18.3. The molecule has 0 unspecified atom stereocenters. The fourth-order valence-electron chi connectivity index (χ4n) is 3.50. The zero-order chi connectivity index (χ0) is 20.7. The van der Waals surface area contributed by atoms with E-state index in [0.29, 0.717) is 33.3 Å². The van der Waals surface area contributed by atoms with Crippen LogP contribution in [-0.4, -0.2) is 27.0 Å². The van der Waals surface area contributed by atoms with Gasteiger partial charge in [-0.25, -0.2) is 9.97 Å². The van der Waals surface area contributed by atoms with E-state index in [4.69, 9.17) is 21.6 Å². The number of aromatic amines is 1. The molecule has 0 bridgehead atoms. The molecule has 0 aliphatic heterocycles. The van der Waals surface area contributed by atoms with Gasteiger partial charge in [-0.3, -0.25) is 9.78 Å². The van der Waals surface area contributed by atoms with Crippen LogP contribution in [0, 0.1) is 0 Å². The van der Waals surface area contributed by atoms with E-state index in [1.54, 1.807) is 19.4 Å². The lowest BCUT2D eigenvalue weighted by Gasteiger charge is -2.12. The molecule has 0 spiro atoms. The van der Waals surface area contributed by atoms with Gasteiger partial charge in [-0.15, -0.1) is 0 Å². The van der Waals surface area contributed by atoms with E-state index in [2.05, 4.69) is 15.3 Å². The summed E-state index contributed by atoms with van der Waals surface area (Å²) in [6.07, 6.45) is 3.31. The second-order valence-corrected chi connectivity index (χ2v) is 7.21. The van der Waals surface area contributed by atoms with Gasteiger partial charge in [0.15, 0.2) is 11.2 Å². The van der Waals surface area contributed by atoms with Crippen molar-refractivity contribution in [3.8, 4) is 22.5 Å². The number of H-pyrrole nitrogens is 1. The summed E-state index contributed by atoms with van der Waals surface area (Å²) in [4.78, 5) is 29.8. The molecule has 146 valence electrons. The van der Waals surface area contributed by atoms with Gasteiger partial charge in [0.1, 0.15) is 5.69 Å². The molecular formula is C23H16ClN5O. The summed E-state index contributed by atoms with van der Waals surface area (Å²) in [6.45, 7) is 0. The van der Waals surface area contributed by atoms with Gasteiger partial charge >= 0.3 is 0 Å². The van der Waals surface area contributed by atoms with Gasteiger partial charge in [0.2, 0.25) is 5.43 Å². The number of pyridine rings is 2. The third-order valence-electron chi connectivity index (χ3n) is 4.96. The van der Waals surface area contributed by atoms with Gasteiger partial charge < -0.3 is 10.3 Å². The number of halogens is 1. The molecule has 6 nitrogen and oxygen atoms in total. The fourth-order valence-corrected chi connectivity index (χ4v) is 3.77. The molecule has 5 rings (SSSR count). The summed E-state index contributed by atoms with van der Waals surface area (Å²) < 4.78 is 0. The van der Waals surface area contributed by atoms with E-state index in [9.17, 15) is 4.79 Å². The number of hydrogen-bond acceptors (Lipinski definition) is 5. The monoisotopic (exact) mass is 413 g/mol. The Morgan fingerprint density at radius 3 is 2.53 bits per heavy atom. The van der Waals surface area contributed by atoms with Crippen LogP contribution in [0.5, 0.6) is 0 Å². The Balaban J connectivity index is 1.87. The van der Waals surface area contributed by atoms with Crippen LogP contribution in [0.2, 0.25) is 5.02 Å². The molecule has 30 heavy (non-hydrogen) atoms. The highest BCUT2D eigenvalue weighted by Gasteiger charge is 2.17. The van der Waals surface area contributed by atoms with Crippen LogP contribution in [-0.2, 0) is 0 Å². The molecular weight excluding hydrogens is 398 g/mol. The average molecular weight is 414 g/mol. The molecule has 7 heteroatoms. The Kier molecular flexibility index (Phi) is 4.41. The Hall–Kier alpha value is -3.77. The van der Waals surface area contributed by atoms with Gasteiger partial charge in [-0.1, -0.05) is 48.0 Å². The third-order valence-corrected chi connectivity index (χ3v) is 5.25. The maximum absolute atomic E-state index is 12.8. The Morgan fingerprint density at radius 1 is 0.933 bits per heavy atom. The van der Waals surface area contributed by atoms with Crippen molar-refractivity contribution in [2.45, 2.75) is 0 Å². The van der Waals surface area contributed by atoms with Crippen molar-refractivity contribution >= 4 is 39.4 Å². The molecule has 2 aromatic carbocycles. The van der Waals surface area contributed by atoms with Crippen molar-refractivity contribution in [1.29, 1.82) is 0 Å². The van der Waals surface area contributed by atoms with Crippen LogP contribution in [0.25, 0.3) is 44.6 Å². The van der Waals surface area contributed by atoms with E-state index in [-0.39, 0.29) is 10.9 Å². The van der Waals surface area contributed by atoms with Crippen LogP contribution in [0.1, 0.15) is 0 Å². The van der Waals surface area contributed by atoms with Crippen molar-refractivity contribution in [1.82, 2.24) is 19.9 Å². The smallest absolute Gasteiger partial charge is 0.232 e. The van der Waals surface area contributed by atoms with Crippen LogP contribution in [0.3, 0.4) is 0 Å². The molecule has 5 aromatic rings. The van der Waals surface area contributed by atoms with E-state index in [0.717, 1.165) is 16.5 Å². The standard InChI is InChI=1S/C23H16ClN5O/c1-25-17-12-27-23-21(22(17)30)28-20(19(29-23)13-6-3-2-4-7-13)15-10-14-8-5-9-26-18(14)16(24)11-15/h2-12,25H,1H3,(H,27,29,30). The Bertz CT molecular complexity index is 1460. The van der Waals surface area contributed by atoms with Crippen molar-refractivity contribution in [2.24, 2.45) is 0 Å². The first-order valence-electron chi connectivity index (χ1n) is 9.37. The lowest BCUT2D eigenvalue weighted by molar-refractivity contribution is 1.21. The quantitative estimate of drug-likeness (QED) is 0.439. The zero-order valence-corrected chi connectivity index (χ0v) is 16.7. The average Bonchev–Trinajstić information content (AvgIpc) is 2.79. The summed E-state index contributed by atoms with van der Waals surface area (Å²) in [5.41, 5.74) is 4.52. The molecule has 3 aromatic heterocycles. The summed E-state index contributed by atoms with van der Waals surface area (Å²) in [6, 6.07) is 17.3. The highest BCUT2D eigenvalue weighted by atomic mass is 35.5. The van der Waals surface area contributed by atoms with Gasteiger partial charge in [-0.2, -0.15) is 0 Å². The molecule has 0 saturated heterocycles. The number of hydrogen-bond donors (Lipinski definition) is 2. The number of benzene rings is 2. The molecule has 0 atom stereocenters. The van der Waals surface area contributed by atoms with E-state index >= 15 is 0 Å². The predicted octanol–water partition coefficient (Wildman–Crippen LogP) is 4.90. The lowest BCUT2D eigenvalue weighted by Crippen LogP contribution is -2.12. The van der Waals surface area contributed by atoms with E-state index < -0.39 is 0 Å². The molecule has 0 saturated carbocycles. The summed E-state index contributed by atoms with van der Waals surface area (Å²) in [7, 11) is 1.69. The highest BCUT2D eigenvalue weighted by molar-refractivity contribution is 6.35. The lowest BCUT2D eigenvalue weighted by atomic mass is 10.0. The van der Waals surface area contributed by atoms with Crippen LogP contribution in [0.15, 0.2) is 71.8 Å². The second-order valence-electron chi connectivity index (χ2n) is 6.80. The first-order chi connectivity index (χ1) is 14.7. The minimum atomic E-state index is -0.215. The number of rotatable bonds is 3. The molecule has 0 aliphatic carbocycles. The molecule has 3 heterocycles. The van der Waals surface area contributed by atoms with Crippen molar-refractivity contribution in [3.05, 3.63) is 82.2 Å². The van der Waals surface area contributed by atoms with Gasteiger partial charge in [0, 0.05) is 36.0 Å². The molecule has 0 fully saturated rings. The topological polar surface area (TPSA) is 83.6 Å². The maximum Gasteiger partial charge on any atom is 0.232 e. The Labute approximate surface area is 176 Å². The van der Waals surface area contributed by atoms with Crippen LogP contribution >= 0.6 is 11.6 Å². The minimum absolute atomic E-state index is 0.215. The SMILES string of the molecule is CNc1c[nH]c2nc(-c3ccccc3)c(-c3cc(Cl)c4ncccc4c3)nc2c1=O. The van der Waals surface area contributed by atoms with Gasteiger partial charge in [0.25, 0.3) is 0 Å². The zero-order valence-electron chi connectivity index (χ0n) is 16.0. The molecule has 2 N–H and O–H groups in total. The number of nitrogens with zero attached hydrogens (tertiary/aromatic N) is 3. The highest BCUT2D eigenvalue weighted by Crippen LogP contribution is 2.34. The van der Waals surface area contributed by atoms with Crippen molar-refractivity contribution < 1.29 is 0 Å². The van der Waals surface area contributed by atoms with E-state index in [1.807, 2.05) is 54.6 Å². The summed E-state index contributed by atoms with van der Waals surface area (Å²) >= 11 is 6.52. The number of nitrogens with one attached hydrogen (secondary N) is 2.